The first-order chi connectivity index (χ1) is 47.4. The second-order valence-electron chi connectivity index (χ2n) is 25.1. The minimum atomic E-state index is -0.340. The summed E-state index contributed by atoms with van der Waals surface area (Å²) in [6.07, 6.45) is 22.4. The molecular formula is C80H90N8O8. The third-order valence-electron chi connectivity index (χ3n) is 18.2. The molecule has 6 aromatic carbocycles. The van der Waals surface area contributed by atoms with E-state index in [1.807, 2.05) is 36.4 Å². The Kier molecular flexibility index (Phi) is 20.6. The maximum atomic E-state index is 7.17. The lowest BCUT2D eigenvalue weighted by atomic mass is 9.81. The number of hydrogen-bond donors (Lipinski definition) is 1. The monoisotopic (exact) mass is 1290 g/mol. The molecule has 16 nitrogen and oxygen atoms in total. The second-order valence-corrected chi connectivity index (χ2v) is 25.1. The van der Waals surface area contributed by atoms with Crippen LogP contribution in [0.15, 0.2) is 166 Å². The summed E-state index contributed by atoms with van der Waals surface area (Å²) in [4.78, 5) is 44.2. The molecule has 0 fully saturated rings. The van der Waals surface area contributed by atoms with Gasteiger partial charge in [0.25, 0.3) is 0 Å². The third-order valence-corrected chi connectivity index (χ3v) is 18.2. The molecule has 13 rings (SSSR count). The van der Waals surface area contributed by atoms with Gasteiger partial charge in [-0.1, -0.05) is 204 Å². The van der Waals surface area contributed by atoms with Gasteiger partial charge in [-0.15, -0.1) is 0 Å². The Morgan fingerprint density at radius 2 is 0.656 bits per heavy atom. The van der Waals surface area contributed by atoms with Crippen LogP contribution in [0.5, 0.6) is 34.5 Å². The number of ether oxygens (including phenoxy) is 8. The van der Waals surface area contributed by atoms with E-state index in [1.54, 1.807) is 0 Å². The summed E-state index contributed by atoms with van der Waals surface area (Å²) < 4.78 is 57.2. The zero-order valence-electron chi connectivity index (χ0n) is 57.2. The van der Waals surface area contributed by atoms with E-state index in [9.17, 15) is 0 Å². The molecule has 7 aromatic rings. The normalized spacial score (nSPS) is 15.8. The molecule has 5 heterocycles. The summed E-state index contributed by atoms with van der Waals surface area (Å²) in [5.41, 5.74) is 5.64. The Hall–Kier alpha value is -9.31. The van der Waals surface area contributed by atoms with Crippen LogP contribution in [-0.4, -0.2) is 87.0 Å². The maximum Gasteiger partial charge on any atom is 0.168 e. The summed E-state index contributed by atoms with van der Waals surface area (Å²) in [6, 6.07) is 24.9. The van der Waals surface area contributed by atoms with Gasteiger partial charge in [0.05, 0.1) is 103 Å². The number of rotatable bonds is 32. The van der Waals surface area contributed by atoms with E-state index in [-0.39, 0.29) is 5.92 Å². The van der Waals surface area contributed by atoms with Gasteiger partial charge in [0.2, 0.25) is 0 Å². The van der Waals surface area contributed by atoms with Crippen molar-refractivity contribution in [2.75, 3.05) is 52.9 Å². The van der Waals surface area contributed by atoms with Crippen LogP contribution in [0.25, 0.3) is 43.1 Å². The van der Waals surface area contributed by atoms with Crippen LogP contribution in [0.1, 0.15) is 180 Å². The van der Waals surface area contributed by atoms with Gasteiger partial charge in [-0.25, -0.2) is 34.9 Å². The summed E-state index contributed by atoms with van der Waals surface area (Å²) in [7, 11) is 0. The molecule has 0 spiro atoms. The fraction of sp³-hybridized carbons (Fsp3) is 0.412. The van der Waals surface area contributed by atoms with Gasteiger partial charge in [-0.3, -0.25) is 0 Å². The fourth-order valence-corrected chi connectivity index (χ4v) is 13.1. The van der Waals surface area contributed by atoms with Crippen molar-refractivity contribution in [1.29, 1.82) is 0 Å². The number of aliphatic imine (C=N–C) groups is 5. The van der Waals surface area contributed by atoms with Crippen molar-refractivity contribution in [2.45, 2.75) is 158 Å². The average molecular weight is 1290 g/mol. The first-order valence-corrected chi connectivity index (χ1v) is 35.7. The Balaban J connectivity index is 1.25. The second kappa shape index (κ2) is 30.2. The molecular weight excluding hydrogens is 1200 g/mol. The van der Waals surface area contributed by atoms with Crippen LogP contribution in [0.2, 0.25) is 0 Å². The number of amidine groups is 5. The highest BCUT2D eigenvalue weighted by molar-refractivity contribution is 6.32. The molecule has 1 aromatic heterocycles. The Bertz CT molecular complexity index is 4610. The van der Waals surface area contributed by atoms with Gasteiger partial charge in [-0.05, 0) is 51.4 Å². The minimum Gasteiger partial charge on any atom is -0.496 e. The Morgan fingerprint density at radius 1 is 0.333 bits per heavy atom. The average Bonchev–Trinajstić information content (AvgIpc) is 1.57. The van der Waals surface area contributed by atoms with Crippen molar-refractivity contribution in [3.05, 3.63) is 164 Å². The summed E-state index contributed by atoms with van der Waals surface area (Å²) >= 11 is 0. The molecule has 16 heteroatoms. The molecule has 0 saturated heterocycles. The number of fused-ring (bicyclic) bond motifs is 20. The largest absolute Gasteiger partial charge is 0.496 e. The molecule has 8 bridgehead atoms. The molecule has 0 saturated carbocycles. The van der Waals surface area contributed by atoms with Crippen LogP contribution in [-0.2, 0) is 9.47 Å². The van der Waals surface area contributed by atoms with Crippen molar-refractivity contribution in [3.63, 3.8) is 0 Å². The van der Waals surface area contributed by atoms with E-state index in [1.165, 1.54) is 0 Å². The number of unbranched alkanes of at least 4 members (excludes halogenated alkanes) is 8. The van der Waals surface area contributed by atoms with Crippen molar-refractivity contribution < 1.29 is 37.9 Å². The number of benzene rings is 6. The minimum absolute atomic E-state index is 0.327. The van der Waals surface area contributed by atoms with Crippen LogP contribution < -0.4 is 39.4 Å². The highest BCUT2D eigenvalue weighted by Gasteiger charge is 2.44. The van der Waals surface area contributed by atoms with E-state index < -0.39 is 0 Å². The molecule has 6 aliphatic rings. The molecule has 1 atom stereocenters. The smallest absolute Gasteiger partial charge is 0.168 e. The molecule has 4 aliphatic heterocycles. The number of aromatic nitrogens is 1. The number of allylic oxidation sites excluding steroid dienone is 5. The number of hydrogen-bond acceptors (Lipinski definition) is 15. The highest BCUT2D eigenvalue weighted by Crippen LogP contribution is 2.52. The Morgan fingerprint density at radius 3 is 1.05 bits per heavy atom. The van der Waals surface area contributed by atoms with Crippen LogP contribution >= 0.6 is 0 Å². The molecule has 1 unspecified atom stereocenters. The van der Waals surface area contributed by atoms with E-state index in [2.05, 4.69) is 121 Å². The number of nitrogens with zero attached hydrogens (tertiary/aromatic N) is 7. The molecule has 2 aliphatic carbocycles. The molecule has 1 N–H and O–H groups in total. The zero-order valence-corrected chi connectivity index (χ0v) is 57.2. The topological polar surface area (TPSA) is 176 Å². The van der Waals surface area contributed by atoms with Gasteiger partial charge in [0, 0.05) is 37.9 Å². The van der Waals surface area contributed by atoms with Gasteiger partial charge >= 0.3 is 0 Å². The summed E-state index contributed by atoms with van der Waals surface area (Å²) in [6.45, 7) is 20.9. The van der Waals surface area contributed by atoms with Crippen molar-refractivity contribution >= 4 is 72.3 Å². The third kappa shape index (κ3) is 12.4. The predicted octanol–water partition coefficient (Wildman–Crippen LogP) is 17.9. The van der Waals surface area contributed by atoms with E-state index in [4.69, 9.17) is 72.8 Å². The fourth-order valence-electron chi connectivity index (χ4n) is 13.1. The van der Waals surface area contributed by atoms with E-state index >= 15 is 0 Å². The van der Waals surface area contributed by atoms with Gasteiger partial charge in [0.1, 0.15) is 57.0 Å². The first-order valence-electron chi connectivity index (χ1n) is 35.7. The highest BCUT2D eigenvalue weighted by atomic mass is 16.5. The molecule has 0 radical (unpaired) electrons. The van der Waals surface area contributed by atoms with Crippen molar-refractivity contribution in [1.82, 2.24) is 4.98 Å². The SMILES string of the molecule is CCCCOC1=C2C=CC=CC2C(OCCCC)=C2C3=NC(=C12)N=C1N=C(N=c2[nH]c(c4c(OCCCC)c5ccccc5c(OCCCC)c24)=NC2=NC(=N3)c3c2c(OCCCC)c2ccccc2c3OCCCC)c2c1c(OCCCC)c1ccccc1c2OCCCC. The molecule has 0 amide bonds. The van der Waals surface area contributed by atoms with Crippen molar-refractivity contribution in [2.24, 2.45) is 40.9 Å². The van der Waals surface area contributed by atoms with Gasteiger partial charge in [0.15, 0.2) is 35.0 Å². The standard InChI is InChI=1S/C80H90N8O8/c1-9-17-41-89-65-49-33-25-26-34-50(49)66(90-42-18-10-2)58-57(65)73-81-74(58)86-76-61-62(70(94-46-22-14-6)54-38-30-29-37-53(54)69(61)93-45-21-13-5)78(83-76)88-80-64-63(71(95-47-23-15-7)55-39-31-32-40-56(55)72(64)96-48-24-16-8)79(84-80)87-77-60-59(75(82-77)85-73)67(91-43-19-11-3)51-35-27-28-36-52(51)68(60)92-44-20-12-4/h25-40,49H,9-24,41-48H2,1-8H3,(H,81,82,83,84,85,86,87,88). The van der Waals surface area contributed by atoms with Crippen LogP contribution in [0.3, 0.4) is 0 Å². The predicted molar refractivity (Wildman–Crippen MR) is 387 cm³/mol. The van der Waals surface area contributed by atoms with E-state index in [0.717, 1.165) is 141 Å². The zero-order chi connectivity index (χ0) is 66.1. The lowest BCUT2D eigenvalue weighted by molar-refractivity contribution is 0.175. The summed E-state index contributed by atoms with van der Waals surface area (Å²) in [5.74, 6) is 6.77. The first kappa shape index (κ1) is 65.4. The van der Waals surface area contributed by atoms with Gasteiger partial charge in [-0.2, -0.15) is 0 Å². The summed E-state index contributed by atoms with van der Waals surface area (Å²) in [5, 5.41) is 6.54. The lowest BCUT2D eigenvalue weighted by Crippen LogP contribution is -2.24. The quantitative estimate of drug-likeness (QED) is 0.0405. The van der Waals surface area contributed by atoms with Crippen LogP contribution in [0.4, 0.5) is 0 Å². The maximum absolute atomic E-state index is 7.17. The molecule has 96 heavy (non-hydrogen) atoms. The van der Waals surface area contributed by atoms with E-state index in [0.29, 0.717) is 189 Å². The molecule has 498 valence electrons. The van der Waals surface area contributed by atoms with Crippen LogP contribution in [0, 0.1) is 5.92 Å². The number of aromatic amines is 1. The van der Waals surface area contributed by atoms with Crippen molar-refractivity contribution in [3.8, 4) is 34.5 Å². The Labute approximate surface area is 563 Å². The lowest BCUT2D eigenvalue weighted by Gasteiger charge is -2.31. The van der Waals surface area contributed by atoms with Gasteiger partial charge < -0.3 is 42.9 Å². The number of H-pyrrole nitrogens is 1. The number of nitrogens with one attached hydrogen (secondary N) is 1.